The van der Waals surface area contributed by atoms with Gasteiger partial charge in [-0.15, -0.1) is 11.3 Å². The number of amides is 1. The summed E-state index contributed by atoms with van der Waals surface area (Å²) in [6.45, 7) is -0.350. The number of ether oxygens (including phenoxy) is 1. The number of methoxy groups -OCH3 is 1. The van der Waals surface area contributed by atoms with Gasteiger partial charge in [0.2, 0.25) is 0 Å². The van der Waals surface area contributed by atoms with Crippen molar-refractivity contribution in [2.45, 2.75) is 0 Å². The van der Waals surface area contributed by atoms with Crippen molar-refractivity contribution in [3.05, 3.63) is 35.7 Å². The molecule has 2 aromatic heterocycles. The fraction of sp³-hybridized carbons (Fsp3) is 0.133. The zero-order valence-electron chi connectivity index (χ0n) is 13.5. The molecule has 1 amide bonds. The molecule has 0 radical (unpaired) electrons. The Labute approximate surface area is 152 Å². The lowest BCUT2D eigenvalue weighted by molar-refractivity contribution is -0.118. The lowest BCUT2D eigenvalue weighted by Gasteiger charge is -2.17. The van der Waals surface area contributed by atoms with Crippen LogP contribution in [0.5, 0.6) is 5.75 Å². The fourth-order valence-electron chi connectivity index (χ4n) is 2.58. The molecule has 0 spiro atoms. The first kappa shape index (κ1) is 16.7. The van der Waals surface area contributed by atoms with Crippen molar-refractivity contribution in [1.29, 1.82) is 0 Å². The van der Waals surface area contributed by atoms with Crippen molar-refractivity contribution in [3.8, 4) is 16.5 Å². The highest BCUT2D eigenvalue weighted by Gasteiger charge is 2.35. The molecule has 0 saturated carbocycles. The molecule has 0 aliphatic carbocycles. The first-order valence-corrected chi connectivity index (χ1v) is 9.78. The zero-order chi connectivity index (χ0) is 18.3. The van der Waals surface area contributed by atoms with E-state index in [0.717, 1.165) is 9.29 Å². The predicted molar refractivity (Wildman–Crippen MR) is 96.8 cm³/mol. The van der Waals surface area contributed by atoms with Gasteiger partial charge < -0.3 is 4.74 Å². The lowest BCUT2D eigenvalue weighted by Crippen LogP contribution is -2.34. The number of aromatic nitrogens is 2. The van der Waals surface area contributed by atoms with E-state index in [-0.39, 0.29) is 12.4 Å². The summed E-state index contributed by atoms with van der Waals surface area (Å²) >= 11 is 1.46. The molecule has 9 nitrogen and oxygen atoms in total. The van der Waals surface area contributed by atoms with Crippen LogP contribution in [-0.4, -0.2) is 42.4 Å². The maximum Gasteiger partial charge on any atom is 0.321 e. The van der Waals surface area contributed by atoms with Gasteiger partial charge in [0, 0.05) is 0 Å². The Kier molecular flexibility index (Phi) is 3.98. The normalized spacial score (nSPS) is 16.6. The van der Waals surface area contributed by atoms with Gasteiger partial charge in [-0.05, 0) is 23.6 Å². The standard InChI is InChI=1S/C15H13N5O4S2/c1-24-10-5-2-4-9-13(10)15(17-14(16-9)11-6-3-7-25-11)18-20-8-12(21)19-26(20,22)23/h2-7H,8H2,1H3,(H,19,21)(H,16,17,18). The van der Waals surface area contributed by atoms with Gasteiger partial charge in [0.1, 0.15) is 12.3 Å². The predicted octanol–water partition coefficient (Wildman–Crippen LogP) is 1.37. The van der Waals surface area contributed by atoms with E-state index in [0.29, 0.717) is 22.5 Å². The number of hydrogen-bond donors (Lipinski definition) is 2. The first-order valence-electron chi connectivity index (χ1n) is 7.46. The summed E-state index contributed by atoms with van der Waals surface area (Å²) in [5.74, 6) is 0.537. The molecule has 11 heteroatoms. The Bertz CT molecular complexity index is 1100. The van der Waals surface area contributed by atoms with Crippen molar-refractivity contribution in [2.24, 2.45) is 0 Å². The number of carbonyl (C=O) groups is 1. The Hall–Kier alpha value is -2.76. The van der Waals surface area contributed by atoms with Gasteiger partial charge in [-0.25, -0.2) is 14.7 Å². The molecular formula is C15H13N5O4S2. The largest absolute Gasteiger partial charge is 0.496 e. The SMILES string of the molecule is COc1cccc2nc(-c3cccs3)nc(NN3CC(=O)NS3(=O)=O)c12. The van der Waals surface area contributed by atoms with Crippen molar-refractivity contribution >= 4 is 44.2 Å². The molecule has 3 aromatic rings. The number of hydrogen-bond acceptors (Lipinski definition) is 8. The Morgan fingerprint density at radius 2 is 2.12 bits per heavy atom. The number of nitrogens with one attached hydrogen (secondary N) is 2. The summed E-state index contributed by atoms with van der Waals surface area (Å²) in [5, 5.41) is 2.42. The van der Waals surface area contributed by atoms with Crippen LogP contribution in [0.4, 0.5) is 5.82 Å². The summed E-state index contributed by atoms with van der Waals surface area (Å²) < 4.78 is 32.2. The summed E-state index contributed by atoms with van der Waals surface area (Å²) in [5.41, 5.74) is 3.30. The van der Waals surface area contributed by atoms with Crippen LogP contribution < -0.4 is 14.9 Å². The number of thiophene rings is 1. The van der Waals surface area contributed by atoms with E-state index in [2.05, 4.69) is 15.4 Å². The first-order chi connectivity index (χ1) is 12.5. The molecule has 0 unspecified atom stereocenters. The lowest BCUT2D eigenvalue weighted by atomic mass is 10.2. The van der Waals surface area contributed by atoms with Crippen LogP contribution in [0.15, 0.2) is 35.7 Å². The third kappa shape index (κ3) is 2.85. The van der Waals surface area contributed by atoms with Crippen LogP contribution in [0, 0.1) is 0 Å². The number of hydrazine groups is 1. The van der Waals surface area contributed by atoms with E-state index in [1.165, 1.54) is 18.4 Å². The number of rotatable bonds is 4. The molecule has 4 rings (SSSR count). The van der Waals surface area contributed by atoms with E-state index in [9.17, 15) is 13.2 Å². The average molecular weight is 391 g/mol. The number of carbonyl (C=O) groups excluding carboxylic acids is 1. The van der Waals surface area contributed by atoms with E-state index < -0.39 is 16.1 Å². The van der Waals surface area contributed by atoms with E-state index in [1.54, 1.807) is 18.2 Å². The summed E-state index contributed by atoms with van der Waals surface area (Å²) in [7, 11) is -2.46. The van der Waals surface area contributed by atoms with E-state index in [4.69, 9.17) is 4.74 Å². The third-order valence-electron chi connectivity index (χ3n) is 3.70. The van der Waals surface area contributed by atoms with Crippen LogP contribution >= 0.6 is 11.3 Å². The minimum atomic E-state index is -3.97. The zero-order valence-corrected chi connectivity index (χ0v) is 15.1. The Morgan fingerprint density at radius 3 is 2.77 bits per heavy atom. The molecule has 0 bridgehead atoms. The number of anilines is 1. The van der Waals surface area contributed by atoms with Gasteiger partial charge in [-0.3, -0.25) is 10.2 Å². The van der Waals surface area contributed by atoms with Gasteiger partial charge >= 0.3 is 10.2 Å². The van der Waals surface area contributed by atoms with Crippen molar-refractivity contribution in [1.82, 2.24) is 19.1 Å². The van der Waals surface area contributed by atoms with E-state index in [1.807, 2.05) is 22.2 Å². The molecule has 1 fully saturated rings. The smallest absolute Gasteiger partial charge is 0.321 e. The van der Waals surface area contributed by atoms with E-state index >= 15 is 0 Å². The molecule has 3 heterocycles. The summed E-state index contributed by atoms with van der Waals surface area (Å²) in [6, 6.07) is 9.04. The summed E-state index contributed by atoms with van der Waals surface area (Å²) in [4.78, 5) is 21.3. The minimum Gasteiger partial charge on any atom is -0.496 e. The molecule has 1 aromatic carbocycles. The van der Waals surface area contributed by atoms with Crippen molar-refractivity contribution in [2.75, 3.05) is 19.1 Å². The maximum atomic E-state index is 12.0. The molecule has 1 aliphatic rings. The highest BCUT2D eigenvalue weighted by Crippen LogP contribution is 2.33. The van der Waals surface area contributed by atoms with Gasteiger partial charge in [0.05, 0.1) is 22.9 Å². The van der Waals surface area contributed by atoms with Crippen LogP contribution in [0.25, 0.3) is 21.6 Å². The second kappa shape index (κ2) is 6.20. The second-order valence-electron chi connectivity index (χ2n) is 5.38. The molecular weight excluding hydrogens is 378 g/mol. The average Bonchev–Trinajstić information content (AvgIpc) is 3.22. The molecule has 134 valence electrons. The number of fused-ring (bicyclic) bond motifs is 1. The Balaban J connectivity index is 1.89. The number of nitrogens with zero attached hydrogens (tertiary/aromatic N) is 3. The molecule has 2 N–H and O–H groups in total. The highest BCUT2D eigenvalue weighted by atomic mass is 32.2. The van der Waals surface area contributed by atoms with Crippen LogP contribution in [0.2, 0.25) is 0 Å². The van der Waals surface area contributed by atoms with Crippen LogP contribution in [0.1, 0.15) is 0 Å². The monoisotopic (exact) mass is 391 g/mol. The third-order valence-corrected chi connectivity index (χ3v) is 5.85. The van der Waals surface area contributed by atoms with Crippen molar-refractivity contribution in [3.63, 3.8) is 0 Å². The van der Waals surface area contributed by atoms with Crippen LogP contribution in [0.3, 0.4) is 0 Å². The summed E-state index contributed by atoms with van der Waals surface area (Å²) in [6.07, 6.45) is 0. The number of benzene rings is 1. The molecule has 0 atom stereocenters. The van der Waals surface area contributed by atoms with Gasteiger partial charge in [0.15, 0.2) is 11.6 Å². The topological polar surface area (TPSA) is 114 Å². The second-order valence-corrected chi connectivity index (χ2v) is 7.92. The quantitative estimate of drug-likeness (QED) is 0.690. The molecule has 1 saturated heterocycles. The van der Waals surface area contributed by atoms with Crippen LogP contribution in [-0.2, 0) is 15.0 Å². The van der Waals surface area contributed by atoms with Gasteiger partial charge in [-0.1, -0.05) is 16.5 Å². The fourth-order valence-corrected chi connectivity index (χ4v) is 4.20. The highest BCUT2D eigenvalue weighted by molar-refractivity contribution is 7.88. The Morgan fingerprint density at radius 1 is 1.27 bits per heavy atom. The van der Waals surface area contributed by atoms with Gasteiger partial charge in [-0.2, -0.15) is 8.42 Å². The van der Waals surface area contributed by atoms with Gasteiger partial charge in [0.25, 0.3) is 5.91 Å². The molecule has 26 heavy (non-hydrogen) atoms. The van der Waals surface area contributed by atoms with Crippen molar-refractivity contribution < 1.29 is 17.9 Å². The minimum absolute atomic E-state index is 0.232. The maximum absolute atomic E-state index is 12.0. The molecule has 1 aliphatic heterocycles.